The van der Waals surface area contributed by atoms with Gasteiger partial charge in [0, 0.05) is 11.5 Å². The first kappa shape index (κ1) is 15.8. The topological polar surface area (TPSA) is 50.9 Å². The van der Waals surface area contributed by atoms with Crippen LogP contribution in [0.25, 0.3) is 0 Å². The first-order chi connectivity index (χ1) is 6.86. The summed E-state index contributed by atoms with van der Waals surface area (Å²) >= 11 is 3.32. The van der Waals surface area contributed by atoms with E-state index in [0.717, 1.165) is 10.9 Å². The van der Waals surface area contributed by atoms with Crippen molar-refractivity contribution < 1.29 is 0 Å². The Morgan fingerprint density at radius 1 is 1.36 bits per heavy atom. The highest BCUT2D eigenvalue weighted by Gasteiger charge is 1.91. The summed E-state index contributed by atoms with van der Waals surface area (Å²) in [6.07, 6.45) is 1.71. The molecule has 1 aromatic rings. The molecule has 0 saturated heterocycles. The monoisotopic (exact) mass is 261 g/mol. The molecule has 3 N–H and O–H groups in total. The summed E-state index contributed by atoms with van der Waals surface area (Å²) in [5.74, 6) is 5.84. The first-order valence-electron chi connectivity index (χ1n) is 4.84. The summed E-state index contributed by atoms with van der Waals surface area (Å²) in [6.45, 7) is 8.00. The van der Waals surface area contributed by atoms with Gasteiger partial charge in [-0.1, -0.05) is 43.6 Å². The average Bonchev–Trinajstić information content (AvgIpc) is 2.34. The van der Waals surface area contributed by atoms with Crippen LogP contribution in [0.5, 0.6) is 0 Å². The van der Waals surface area contributed by atoms with Gasteiger partial charge in [0.15, 0.2) is 0 Å². The summed E-state index contributed by atoms with van der Waals surface area (Å²) in [5, 5.41) is 0.824. The Labute approximate surface area is 95.2 Å². The third-order valence-corrected chi connectivity index (χ3v) is 1.77. The zero-order valence-corrected chi connectivity index (χ0v) is 10.9. The second-order valence-corrected chi connectivity index (χ2v) is 2.39. The molecule has 0 saturated carbocycles. The Kier molecular flexibility index (Phi) is 14.0. The van der Waals surface area contributed by atoms with Crippen LogP contribution in [-0.4, -0.2) is 4.98 Å². The van der Waals surface area contributed by atoms with Crippen molar-refractivity contribution in [3.05, 3.63) is 23.9 Å². The van der Waals surface area contributed by atoms with Crippen LogP contribution in [0.4, 0.5) is 5.82 Å². The van der Waals surface area contributed by atoms with Crippen molar-refractivity contribution >= 4 is 21.7 Å². The molecule has 0 aliphatic carbocycles. The van der Waals surface area contributed by atoms with Gasteiger partial charge >= 0.3 is 0 Å². The predicted molar refractivity (Wildman–Crippen MR) is 67.4 cm³/mol. The number of hydrogen-bond acceptors (Lipinski definition) is 3. The molecule has 1 aromatic heterocycles. The average molecular weight is 262 g/mol. The maximum absolute atomic E-state index is 5.15. The molecule has 0 aliphatic rings. The lowest BCUT2D eigenvalue weighted by atomic mass is 10.3. The molecule has 1 rings (SSSR count). The van der Waals surface area contributed by atoms with Gasteiger partial charge in [-0.15, -0.1) is 0 Å². The standard InChI is InChI=1S/C6H8BrN3.2C2H6/c7-4-5-1-2-9-6(3-5)10-8;2*1-2/h1-3H,4,8H2,(H,9,10);2*1-2H3. The maximum Gasteiger partial charge on any atom is 0.140 e. The molecule has 0 aliphatic heterocycles. The second-order valence-electron chi connectivity index (χ2n) is 1.83. The van der Waals surface area contributed by atoms with Crippen molar-refractivity contribution in [3.8, 4) is 0 Å². The van der Waals surface area contributed by atoms with Crippen LogP contribution in [0, 0.1) is 0 Å². The van der Waals surface area contributed by atoms with Gasteiger partial charge in [-0.25, -0.2) is 10.8 Å². The van der Waals surface area contributed by atoms with Crippen molar-refractivity contribution in [3.63, 3.8) is 0 Å². The van der Waals surface area contributed by atoms with Gasteiger partial charge in [0.2, 0.25) is 0 Å². The number of nitrogens with two attached hydrogens (primary N) is 1. The van der Waals surface area contributed by atoms with Crippen molar-refractivity contribution in [2.75, 3.05) is 5.43 Å². The fourth-order valence-corrected chi connectivity index (χ4v) is 0.985. The number of pyridine rings is 1. The van der Waals surface area contributed by atoms with Gasteiger partial charge in [-0.3, -0.25) is 0 Å². The maximum atomic E-state index is 5.15. The summed E-state index contributed by atoms with van der Waals surface area (Å²) in [6, 6.07) is 3.81. The number of aromatic nitrogens is 1. The van der Waals surface area contributed by atoms with Crippen LogP contribution in [0.3, 0.4) is 0 Å². The first-order valence-corrected chi connectivity index (χ1v) is 5.96. The van der Waals surface area contributed by atoms with Crippen LogP contribution in [0.15, 0.2) is 18.3 Å². The van der Waals surface area contributed by atoms with Gasteiger partial charge in [0.05, 0.1) is 0 Å². The number of rotatable bonds is 2. The molecule has 0 spiro atoms. The van der Waals surface area contributed by atoms with E-state index in [2.05, 4.69) is 26.3 Å². The summed E-state index contributed by atoms with van der Waals surface area (Å²) in [5.41, 5.74) is 3.63. The lowest BCUT2D eigenvalue weighted by molar-refractivity contribution is 1.21. The van der Waals surface area contributed by atoms with Gasteiger partial charge in [0.1, 0.15) is 5.82 Å². The molecule has 82 valence electrons. The van der Waals surface area contributed by atoms with Crippen LogP contribution in [0.1, 0.15) is 33.3 Å². The molecule has 0 unspecified atom stereocenters. The third-order valence-electron chi connectivity index (χ3n) is 1.13. The van der Waals surface area contributed by atoms with E-state index in [9.17, 15) is 0 Å². The summed E-state index contributed by atoms with van der Waals surface area (Å²) in [7, 11) is 0. The minimum absolute atomic E-state index is 0.692. The van der Waals surface area contributed by atoms with E-state index in [4.69, 9.17) is 5.84 Å². The minimum atomic E-state index is 0.692. The highest BCUT2D eigenvalue weighted by atomic mass is 79.9. The molecular formula is C10H20BrN3. The fourth-order valence-electron chi connectivity index (χ4n) is 0.636. The van der Waals surface area contributed by atoms with Gasteiger partial charge < -0.3 is 5.43 Å². The quantitative estimate of drug-likeness (QED) is 0.488. The van der Waals surface area contributed by atoms with E-state index in [-0.39, 0.29) is 0 Å². The van der Waals surface area contributed by atoms with Crippen LogP contribution >= 0.6 is 15.9 Å². The lowest BCUT2D eigenvalue weighted by Crippen LogP contribution is -2.08. The Morgan fingerprint density at radius 2 is 1.93 bits per heavy atom. The number of halogens is 1. The Hall–Kier alpha value is -0.610. The van der Waals surface area contributed by atoms with Crippen LogP contribution in [0.2, 0.25) is 0 Å². The van der Waals surface area contributed by atoms with Gasteiger partial charge in [0.25, 0.3) is 0 Å². The Morgan fingerprint density at radius 3 is 2.36 bits per heavy atom. The Balaban J connectivity index is 0. The van der Waals surface area contributed by atoms with E-state index in [1.165, 1.54) is 0 Å². The van der Waals surface area contributed by atoms with Crippen LogP contribution in [-0.2, 0) is 5.33 Å². The molecule has 0 atom stereocenters. The highest BCUT2D eigenvalue weighted by Crippen LogP contribution is 2.08. The van der Waals surface area contributed by atoms with Crippen molar-refractivity contribution in [1.82, 2.24) is 4.98 Å². The lowest BCUT2D eigenvalue weighted by Gasteiger charge is -1.98. The van der Waals surface area contributed by atoms with Crippen molar-refractivity contribution in [2.24, 2.45) is 5.84 Å². The summed E-state index contributed by atoms with van der Waals surface area (Å²) < 4.78 is 0. The zero-order valence-electron chi connectivity index (χ0n) is 9.34. The zero-order chi connectivity index (χ0) is 11.4. The number of anilines is 1. The molecule has 0 aromatic carbocycles. The van der Waals surface area contributed by atoms with Crippen molar-refractivity contribution in [2.45, 2.75) is 33.0 Å². The van der Waals surface area contributed by atoms with E-state index in [1.54, 1.807) is 6.20 Å². The number of nitrogens with zero attached hydrogens (tertiary/aromatic N) is 1. The van der Waals surface area contributed by atoms with Crippen LogP contribution < -0.4 is 11.3 Å². The van der Waals surface area contributed by atoms with E-state index < -0.39 is 0 Å². The van der Waals surface area contributed by atoms with Crippen molar-refractivity contribution in [1.29, 1.82) is 0 Å². The number of nitrogen functional groups attached to an aromatic ring is 1. The molecule has 0 fully saturated rings. The molecule has 0 bridgehead atoms. The number of hydrazine groups is 1. The third kappa shape index (κ3) is 6.86. The van der Waals surface area contributed by atoms with Gasteiger partial charge in [-0.05, 0) is 17.7 Å². The molecular weight excluding hydrogens is 242 g/mol. The number of hydrogen-bond donors (Lipinski definition) is 2. The number of nitrogens with one attached hydrogen (secondary N) is 1. The van der Waals surface area contributed by atoms with Gasteiger partial charge in [-0.2, -0.15) is 0 Å². The largest absolute Gasteiger partial charge is 0.308 e. The second kappa shape index (κ2) is 12.4. The smallest absolute Gasteiger partial charge is 0.140 e. The number of alkyl halides is 1. The normalized spacial score (nSPS) is 7.57. The molecule has 14 heavy (non-hydrogen) atoms. The predicted octanol–water partition coefficient (Wildman–Crippen LogP) is 3.31. The molecule has 4 heteroatoms. The molecule has 0 amide bonds. The SMILES string of the molecule is CC.CC.NNc1cc(CBr)ccn1. The molecule has 1 heterocycles. The van der Waals surface area contributed by atoms with E-state index in [0.29, 0.717) is 5.82 Å². The summed E-state index contributed by atoms with van der Waals surface area (Å²) in [4.78, 5) is 3.95. The fraction of sp³-hybridized carbons (Fsp3) is 0.500. The molecule has 3 nitrogen and oxygen atoms in total. The van der Waals surface area contributed by atoms with E-state index in [1.807, 2.05) is 39.8 Å². The molecule has 0 radical (unpaired) electrons. The highest BCUT2D eigenvalue weighted by molar-refractivity contribution is 9.08. The minimum Gasteiger partial charge on any atom is -0.308 e. The van der Waals surface area contributed by atoms with E-state index >= 15 is 0 Å². The Bertz CT molecular complexity index is 197.